The average Bonchev–Trinajstić information content (AvgIpc) is 2.01. The molecule has 1 aromatic carbocycles. The molecule has 13 heavy (non-hydrogen) atoms. The minimum atomic E-state index is -0.437. The molecule has 4 heteroatoms. The molecule has 0 fully saturated rings. The zero-order chi connectivity index (χ0) is 9.84. The third-order valence-electron chi connectivity index (χ3n) is 1.57. The van der Waals surface area contributed by atoms with Crippen molar-refractivity contribution in [2.75, 3.05) is 7.11 Å². The fourth-order valence-electron chi connectivity index (χ4n) is 1.06. The maximum atomic E-state index is 10.6. The summed E-state index contributed by atoms with van der Waals surface area (Å²) < 4.78 is 4.91. The molecule has 1 rings (SSSR count). The number of methoxy groups -OCH3 is 1. The van der Waals surface area contributed by atoms with E-state index in [9.17, 15) is 9.90 Å². The number of carbonyl (C=O) groups is 1. The monoisotopic (exact) mass is 181 g/mol. The minimum absolute atomic E-state index is 0.0654. The van der Waals surface area contributed by atoms with Crippen LogP contribution in [0.5, 0.6) is 11.5 Å². The number of benzene rings is 1. The first kappa shape index (κ1) is 9.38. The normalized spacial score (nSPS) is 9.62. The Morgan fingerprint density at radius 2 is 2.23 bits per heavy atom. The molecule has 0 atom stereocenters. The SMILES string of the molecule is COc1cc(O)cc(CC(N)=O)c1. The number of phenols is 1. The predicted octanol–water partition coefficient (Wildman–Crippen LogP) is 0.429. The molecule has 0 aliphatic heterocycles. The second-order valence-corrected chi connectivity index (χ2v) is 2.68. The summed E-state index contributed by atoms with van der Waals surface area (Å²) in [6.07, 6.45) is 0.102. The first-order valence-electron chi connectivity index (χ1n) is 3.77. The number of carbonyl (C=O) groups excluding carboxylic acids is 1. The lowest BCUT2D eigenvalue weighted by molar-refractivity contribution is -0.117. The van der Waals surface area contributed by atoms with Crippen molar-refractivity contribution in [2.45, 2.75) is 6.42 Å². The number of phenolic OH excluding ortho intramolecular Hbond substituents is 1. The zero-order valence-electron chi connectivity index (χ0n) is 7.28. The van der Waals surface area contributed by atoms with E-state index in [1.54, 1.807) is 6.07 Å². The van der Waals surface area contributed by atoms with Gasteiger partial charge in [-0.2, -0.15) is 0 Å². The highest BCUT2D eigenvalue weighted by Crippen LogP contribution is 2.21. The van der Waals surface area contributed by atoms with Gasteiger partial charge in [-0.15, -0.1) is 0 Å². The van der Waals surface area contributed by atoms with Crippen LogP contribution in [0, 0.1) is 0 Å². The minimum Gasteiger partial charge on any atom is -0.508 e. The van der Waals surface area contributed by atoms with E-state index in [1.165, 1.54) is 19.2 Å². The van der Waals surface area contributed by atoms with Gasteiger partial charge in [0, 0.05) is 6.07 Å². The number of ether oxygens (including phenoxy) is 1. The van der Waals surface area contributed by atoms with Crippen LogP contribution in [-0.2, 0) is 11.2 Å². The van der Waals surface area contributed by atoms with Crippen molar-refractivity contribution in [1.29, 1.82) is 0 Å². The molecular formula is C9H11NO3. The van der Waals surface area contributed by atoms with Gasteiger partial charge in [0.1, 0.15) is 11.5 Å². The van der Waals surface area contributed by atoms with Crippen molar-refractivity contribution in [3.63, 3.8) is 0 Å². The van der Waals surface area contributed by atoms with Crippen LogP contribution in [0.1, 0.15) is 5.56 Å². The average molecular weight is 181 g/mol. The second-order valence-electron chi connectivity index (χ2n) is 2.68. The molecule has 0 unspecified atom stereocenters. The van der Waals surface area contributed by atoms with Crippen molar-refractivity contribution in [3.05, 3.63) is 23.8 Å². The van der Waals surface area contributed by atoms with Crippen molar-refractivity contribution in [1.82, 2.24) is 0 Å². The molecule has 0 aromatic heterocycles. The van der Waals surface area contributed by atoms with Gasteiger partial charge < -0.3 is 15.6 Å². The van der Waals surface area contributed by atoms with E-state index < -0.39 is 5.91 Å². The highest BCUT2D eigenvalue weighted by Gasteiger charge is 2.02. The third kappa shape index (κ3) is 2.66. The van der Waals surface area contributed by atoms with Gasteiger partial charge in [0.05, 0.1) is 13.5 Å². The number of rotatable bonds is 3. The molecule has 0 radical (unpaired) electrons. The summed E-state index contributed by atoms with van der Waals surface area (Å²) in [5, 5.41) is 9.21. The summed E-state index contributed by atoms with van der Waals surface area (Å²) in [6.45, 7) is 0. The molecule has 4 nitrogen and oxygen atoms in total. The molecule has 0 aliphatic rings. The van der Waals surface area contributed by atoms with E-state index >= 15 is 0 Å². The topological polar surface area (TPSA) is 72.6 Å². The van der Waals surface area contributed by atoms with E-state index in [4.69, 9.17) is 10.5 Å². The summed E-state index contributed by atoms with van der Waals surface area (Å²) in [6, 6.07) is 4.60. The molecule has 1 amide bonds. The molecule has 0 aliphatic carbocycles. The quantitative estimate of drug-likeness (QED) is 0.710. The van der Waals surface area contributed by atoms with E-state index in [0.29, 0.717) is 11.3 Å². The fourth-order valence-corrected chi connectivity index (χ4v) is 1.06. The van der Waals surface area contributed by atoms with Crippen molar-refractivity contribution in [2.24, 2.45) is 5.73 Å². The summed E-state index contributed by atoms with van der Waals surface area (Å²) in [5.41, 5.74) is 5.65. The van der Waals surface area contributed by atoms with Gasteiger partial charge in [-0.3, -0.25) is 4.79 Å². The molecule has 0 spiro atoms. The molecule has 0 bridgehead atoms. The van der Waals surface area contributed by atoms with Crippen LogP contribution in [0.25, 0.3) is 0 Å². The predicted molar refractivity (Wildman–Crippen MR) is 47.6 cm³/mol. The second kappa shape index (κ2) is 3.80. The number of primary amides is 1. The summed E-state index contributed by atoms with van der Waals surface area (Å²) in [7, 11) is 1.49. The lowest BCUT2D eigenvalue weighted by Gasteiger charge is -2.03. The van der Waals surface area contributed by atoms with Crippen LogP contribution in [-0.4, -0.2) is 18.1 Å². The molecule has 3 N–H and O–H groups in total. The van der Waals surface area contributed by atoms with E-state index in [0.717, 1.165) is 0 Å². The Kier molecular flexibility index (Phi) is 2.74. The van der Waals surface area contributed by atoms with Gasteiger partial charge in [0.25, 0.3) is 0 Å². The largest absolute Gasteiger partial charge is 0.508 e. The first-order chi connectivity index (χ1) is 6.11. The van der Waals surface area contributed by atoms with Gasteiger partial charge in [0.15, 0.2) is 0 Å². The van der Waals surface area contributed by atoms with Crippen molar-refractivity contribution in [3.8, 4) is 11.5 Å². The Labute approximate surface area is 75.9 Å². The van der Waals surface area contributed by atoms with Crippen LogP contribution in [0.4, 0.5) is 0 Å². The van der Waals surface area contributed by atoms with Crippen molar-refractivity contribution >= 4 is 5.91 Å². The maximum Gasteiger partial charge on any atom is 0.221 e. The Hall–Kier alpha value is -1.71. The number of amides is 1. The van der Waals surface area contributed by atoms with Crippen LogP contribution >= 0.6 is 0 Å². The standard InChI is InChI=1S/C9H11NO3/c1-13-8-3-6(4-9(10)12)2-7(11)5-8/h2-3,5,11H,4H2,1H3,(H2,10,12). The number of hydrogen-bond donors (Lipinski definition) is 2. The van der Waals surface area contributed by atoms with Gasteiger partial charge >= 0.3 is 0 Å². The lowest BCUT2D eigenvalue weighted by atomic mass is 10.1. The number of nitrogens with two attached hydrogens (primary N) is 1. The van der Waals surface area contributed by atoms with Gasteiger partial charge in [-0.05, 0) is 17.7 Å². The van der Waals surface area contributed by atoms with E-state index in [2.05, 4.69) is 0 Å². The molecule has 1 aromatic rings. The molecule has 0 saturated heterocycles. The Morgan fingerprint density at radius 1 is 1.54 bits per heavy atom. The van der Waals surface area contributed by atoms with Crippen LogP contribution in [0.15, 0.2) is 18.2 Å². The summed E-state index contributed by atoms with van der Waals surface area (Å²) in [4.78, 5) is 10.6. The van der Waals surface area contributed by atoms with E-state index in [1.807, 2.05) is 0 Å². The maximum absolute atomic E-state index is 10.6. The molecule has 0 saturated carbocycles. The highest BCUT2D eigenvalue weighted by molar-refractivity contribution is 5.76. The third-order valence-corrected chi connectivity index (χ3v) is 1.57. The van der Waals surface area contributed by atoms with Gasteiger partial charge in [0.2, 0.25) is 5.91 Å². The van der Waals surface area contributed by atoms with Crippen LogP contribution in [0.2, 0.25) is 0 Å². The summed E-state index contributed by atoms with van der Waals surface area (Å²) >= 11 is 0. The fraction of sp³-hybridized carbons (Fsp3) is 0.222. The Bertz CT molecular complexity index is 323. The van der Waals surface area contributed by atoms with Gasteiger partial charge in [-0.25, -0.2) is 0 Å². The van der Waals surface area contributed by atoms with Gasteiger partial charge in [-0.1, -0.05) is 0 Å². The van der Waals surface area contributed by atoms with E-state index in [-0.39, 0.29) is 12.2 Å². The molecular weight excluding hydrogens is 170 g/mol. The number of aromatic hydroxyl groups is 1. The summed E-state index contributed by atoms with van der Waals surface area (Å²) in [5.74, 6) is 0.138. The van der Waals surface area contributed by atoms with Crippen molar-refractivity contribution < 1.29 is 14.6 Å². The van der Waals surface area contributed by atoms with Crippen LogP contribution in [0.3, 0.4) is 0 Å². The van der Waals surface area contributed by atoms with Crippen LogP contribution < -0.4 is 10.5 Å². The molecule has 70 valence electrons. The number of hydrogen-bond acceptors (Lipinski definition) is 3. The first-order valence-corrected chi connectivity index (χ1v) is 3.77. The molecule has 0 heterocycles. The smallest absolute Gasteiger partial charge is 0.221 e. The highest BCUT2D eigenvalue weighted by atomic mass is 16.5. The zero-order valence-corrected chi connectivity index (χ0v) is 7.28. The Balaban J connectivity index is 2.94. The Morgan fingerprint density at radius 3 is 2.77 bits per heavy atom. The lowest BCUT2D eigenvalue weighted by Crippen LogP contribution is -2.13.